The highest BCUT2D eigenvalue weighted by molar-refractivity contribution is 7.99. The largest absolute Gasteiger partial charge is 0.434 e. The fourth-order valence-electron chi connectivity index (χ4n) is 4.32. The summed E-state index contributed by atoms with van der Waals surface area (Å²) in [5.41, 5.74) is 10.9. The smallest absolute Gasteiger partial charge is 0.381 e. The third-order valence-electron chi connectivity index (χ3n) is 6.10. The first-order valence-corrected chi connectivity index (χ1v) is 10.5. The van der Waals surface area contributed by atoms with Gasteiger partial charge in [-0.25, -0.2) is 14.4 Å². The number of halogens is 4. The summed E-state index contributed by atoms with van der Waals surface area (Å²) in [6, 6.07) is 2.31. The highest BCUT2D eigenvalue weighted by Gasteiger charge is 2.48. The molecule has 1 aliphatic heterocycles. The van der Waals surface area contributed by atoms with Gasteiger partial charge in [-0.15, -0.1) is 0 Å². The number of nitrogens with two attached hydrogens (primary N) is 2. The first kappa shape index (κ1) is 21.1. The Morgan fingerprint density at radius 1 is 1.17 bits per heavy atom. The average molecular weight is 442 g/mol. The lowest BCUT2D eigenvalue weighted by Gasteiger charge is -2.42. The molecule has 0 radical (unpaired) electrons. The van der Waals surface area contributed by atoms with Crippen LogP contribution in [0.3, 0.4) is 0 Å². The third kappa shape index (κ3) is 3.92. The number of nitrogen functional groups attached to an aromatic ring is 1. The summed E-state index contributed by atoms with van der Waals surface area (Å²) in [6.45, 7) is 1.31. The van der Waals surface area contributed by atoms with Gasteiger partial charge in [-0.2, -0.15) is 13.2 Å². The van der Waals surface area contributed by atoms with Crippen LogP contribution >= 0.6 is 11.8 Å². The molecule has 0 amide bonds. The molecule has 1 saturated heterocycles. The number of aromatic nitrogens is 3. The van der Waals surface area contributed by atoms with Crippen molar-refractivity contribution in [3.8, 4) is 0 Å². The first-order valence-electron chi connectivity index (χ1n) is 9.67. The van der Waals surface area contributed by atoms with E-state index < -0.39 is 24.1 Å². The minimum Gasteiger partial charge on any atom is -0.381 e. The molecule has 1 saturated carbocycles. The molecule has 0 aromatic carbocycles. The van der Waals surface area contributed by atoms with Gasteiger partial charge in [-0.05, 0) is 43.2 Å². The van der Waals surface area contributed by atoms with E-state index in [9.17, 15) is 17.6 Å². The average Bonchev–Trinajstić information content (AvgIpc) is 2.98. The molecular formula is C19H22F4N6S. The van der Waals surface area contributed by atoms with Crippen LogP contribution in [0.2, 0.25) is 0 Å². The van der Waals surface area contributed by atoms with Crippen molar-refractivity contribution in [1.82, 2.24) is 15.0 Å². The quantitative estimate of drug-likeness (QED) is 0.701. The molecule has 2 aromatic rings. The first-order chi connectivity index (χ1) is 14.2. The Labute approximate surface area is 175 Å². The van der Waals surface area contributed by atoms with E-state index in [2.05, 4.69) is 15.0 Å². The van der Waals surface area contributed by atoms with Crippen molar-refractivity contribution in [2.45, 2.75) is 54.0 Å². The maximum Gasteiger partial charge on any atom is 0.434 e. The van der Waals surface area contributed by atoms with Gasteiger partial charge in [-0.1, -0.05) is 11.8 Å². The van der Waals surface area contributed by atoms with Crippen molar-refractivity contribution < 1.29 is 17.6 Å². The second kappa shape index (κ2) is 7.84. The molecule has 11 heteroatoms. The van der Waals surface area contributed by atoms with E-state index in [0.717, 1.165) is 37.2 Å². The molecule has 2 aliphatic rings. The molecular weight excluding hydrogens is 420 g/mol. The van der Waals surface area contributed by atoms with E-state index in [1.807, 2.05) is 4.90 Å². The van der Waals surface area contributed by atoms with Crippen LogP contribution in [0, 0.1) is 5.41 Å². The fourth-order valence-corrected chi connectivity index (χ4v) is 5.20. The molecule has 4 rings (SSSR count). The van der Waals surface area contributed by atoms with E-state index in [4.69, 9.17) is 11.5 Å². The number of alkyl halides is 4. The minimum atomic E-state index is -4.57. The molecule has 2 fully saturated rings. The van der Waals surface area contributed by atoms with Crippen molar-refractivity contribution in [3.63, 3.8) is 0 Å². The lowest BCUT2D eigenvalue weighted by atomic mass is 9.74. The molecule has 4 N–H and O–H groups in total. The molecule has 0 unspecified atom stereocenters. The van der Waals surface area contributed by atoms with Crippen LogP contribution in [-0.2, 0) is 6.18 Å². The number of piperidine rings is 1. The lowest BCUT2D eigenvalue weighted by molar-refractivity contribution is -0.143. The van der Waals surface area contributed by atoms with Crippen LogP contribution < -0.4 is 16.4 Å². The van der Waals surface area contributed by atoms with Crippen LogP contribution in [-0.4, -0.2) is 40.3 Å². The van der Waals surface area contributed by atoms with Gasteiger partial charge in [0.1, 0.15) is 17.0 Å². The van der Waals surface area contributed by atoms with Crippen molar-refractivity contribution in [1.29, 1.82) is 0 Å². The molecule has 1 aliphatic carbocycles. The summed E-state index contributed by atoms with van der Waals surface area (Å²) < 4.78 is 53.4. The van der Waals surface area contributed by atoms with Gasteiger partial charge in [0.2, 0.25) is 0 Å². The number of anilines is 2. The van der Waals surface area contributed by atoms with Gasteiger partial charge in [0, 0.05) is 30.2 Å². The molecule has 6 nitrogen and oxygen atoms in total. The zero-order valence-corrected chi connectivity index (χ0v) is 16.9. The van der Waals surface area contributed by atoms with Crippen molar-refractivity contribution in [2.75, 3.05) is 23.7 Å². The predicted molar refractivity (Wildman–Crippen MR) is 106 cm³/mol. The van der Waals surface area contributed by atoms with E-state index in [-0.39, 0.29) is 21.2 Å². The molecule has 162 valence electrons. The second-order valence-electron chi connectivity index (χ2n) is 7.80. The van der Waals surface area contributed by atoms with E-state index in [1.54, 1.807) is 0 Å². The molecule has 30 heavy (non-hydrogen) atoms. The summed E-state index contributed by atoms with van der Waals surface area (Å²) in [5, 5.41) is 0.184. The molecule has 0 bridgehead atoms. The standard InChI is InChI=1S/C19H22F4N6S/c20-11-3-4-18(14(11)24)5-8-29(9-6-18)13-10-27-17(16(25)28-13)30-12-2-1-7-26-15(12)19(21,22)23/h1-2,7,10-11,14H,3-6,8-9,24H2,(H2,25,28)/t11-,14-/m1/s1. The third-order valence-corrected chi connectivity index (χ3v) is 7.15. The maximum atomic E-state index is 13.9. The molecule has 1 spiro atoms. The topological polar surface area (TPSA) is 94.0 Å². The van der Waals surface area contributed by atoms with Crippen molar-refractivity contribution in [3.05, 3.63) is 30.2 Å². The number of pyridine rings is 1. The van der Waals surface area contributed by atoms with Gasteiger partial charge >= 0.3 is 6.18 Å². The Morgan fingerprint density at radius 2 is 1.90 bits per heavy atom. The normalized spacial score (nSPS) is 23.8. The SMILES string of the molecule is Nc1nc(N2CCC3(CC[C@@H](F)[C@H]3N)CC2)cnc1Sc1cccnc1C(F)(F)F. The van der Waals surface area contributed by atoms with Crippen LogP contribution in [0.5, 0.6) is 0 Å². The number of hydrogen-bond donors (Lipinski definition) is 2. The van der Waals surface area contributed by atoms with Gasteiger partial charge in [-0.3, -0.25) is 4.98 Å². The Balaban J connectivity index is 1.48. The van der Waals surface area contributed by atoms with Gasteiger partial charge < -0.3 is 16.4 Å². The van der Waals surface area contributed by atoms with Gasteiger partial charge in [0.05, 0.1) is 6.20 Å². The highest BCUT2D eigenvalue weighted by Crippen LogP contribution is 2.47. The zero-order chi connectivity index (χ0) is 21.5. The van der Waals surface area contributed by atoms with Crippen LogP contribution in [0.4, 0.5) is 29.2 Å². The van der Waals surface area contributed by atoms with Crippen LogP contribution in [0.1, 0.15) is 31.4 Å². The summed E-state index contributed by atoms with van der Waals surface area (Å²) >= 11 is 0.781. The van der Waals surface area contributed by atoms with Crippen molar-refractivity contribution in [2.24, 2.45) is 11.1 Å². The lowest BCUT2D eigenvalue weighted by Crippen LogP contribution is -2.49. The second-order valence-corrected chi connectivity index (χ2v) is 8.83. The molecule has 2 atom stereocenters. The number of nitrogens with zero attached hydrogens (tertiary/aromatic N) is 4. The monoisotopic (exact) mass is 442 g/mol. The minimum absolute atomic E-state index is 0.0520. The number of hydrogen-bond acceptors (Lipinski definition) is 7. The molecule has 3 heterocycles. The predicted octanol–water partition coefficient (Wildman–Crippen LogP) is 3.67. The summed E-state index contributed by atoms with van der Waals surface area (Å²) in [6.07, 6.45) is -0.100. The number of rotatable bonds is 3. The van der Waals surface area contributed by atoms with Gasteiger partial charge in [0.25, 0.3) is 0 Å². The summed E-state index contributed by atoms with van der Waals surface area (Å²) in [5.74, 6) is 0.605. The Hall–Kier alpha value is -2.14. The van der Waals surface area contributed by atoms with Crippen LogP contribution in [0.15, 0.2) is 34.4 Å². The molecule has 2 aromatic heterocycles. The van der Waals surface area contributed by atoms with Crippen LogP contribution in [0.25, 0.3) is 0 Å². The van der Waals surface area contributed by atoms with Gasteiger partial charge in [0.15, 0.2) is 11.5 Å². The Bertz CT molecular complexity index is 916. The van der Waals surface area contributed by atoms with E-state index in [1.165, 1.54) is 18.3 Å². The van der Waals surface area contributed by atoms with E-state index >= 15 is 0 Å². The fraction of sp³-hybridized carbons (Fsp3) is 0.526. The van der Waals surface area contributed by atoms with E-state index in [0.29, 0.717) is 25.3 Å². The maximum absolute atomic E-state index is 13.9. The zero-order valence-electron chi connectivity index (χ0n) is 16.1. The summed E-state index contributed by atoms with van der Waals surface area (Å²) in [4.78, 5) is 13.9. The Morgan fingerprint density at radius 3 is 2.50 bits per heavy atom. The summed E-state index contributed by atoms with van der Waals surface area (Å²) in [7, 11) is 0. The Kier molecular flexibility index (Phi) is 5.52. The van der Waals surface area contributed by atoms with Crippen molar-refractivity contribution >= 4 is 23.4 Å². The highest BCUT2D eigenvalue weighted by atomic mass is 32.2.